The van der Waals surface area contributed by atoms with Crippen LogP contribution in [0.25, 0.3) is 11.0 Å². The summed E-state index contributed by atoms with van der Waals surface area (Å²) in [6, 6.07) is 14.5. The van der Waals surface area contributed by atoms with Crippen LogP contribution in [0.1, 0.15) is 6.42 Å². The van der Waals surface area contributed by atoms with E-state index < -0.39 is 0 Å². The van der Waals surface area contributed by atoms with Crippen molar-refractivity contribution >= 4 is 34.7 Å². The van der Waals surface area contributed by atoms with Gasteiger partial charge in [0.25, 0.3) is 0 Å². The fourth-order valence-electron chi connectivity index (χ4n) is 3.26. The second-order valence-electron chi connectivity index (χ2n) is 6.52. The van der Waals surface area contributed by atoms with Gasteiger partial charge in [0, 0.05) is 31.1 Å². The van der Waals surface area contributed by atoms with E-state index in [0.717, 1.165) is 36.5 Å². The molecule has 0 bridgehead atoms. The van der Waals surface area contributed by atoms with Crippen LogP contribution < -0.4 is 4.90 Å². The van der Waals surface area contributed by atoms with E-state index in [1.165, 1.54) is 17.8 Å². The lowest BCUT2D eigenvalue weighted by Crippen LogP contribution is -2.36. The number of carbonyl (C=O) groups is 1. The average Bonchev–Trinajstić information content (AvgIpc) is 2.96. The van der Waals surface area contributed by atoms with Crippen LogP contribution in [-0.2, 0) is 4.79 Å². The quantitative estimate of drug-likeness (QED) is 0.699. The predicted octanol–water partition coefficient (Wildman–Crippen LogP) is 3.53. The molecular weight excluding hydrogens is 363 g/mol. The molecule has 1 saturated heterocycles. The maximum absolute atomic E-state index is 13.7. The molecule has 7 heteroatoms. The number of amides is 1. The lowest BCUT2D eigenvalue weighted by molar-refractivity contribution is -0.128. The van der Waals surface area contributed by atoms with Gasteiger partial charge >= 0.3 is 0 Å². The van der Waals surface area contributed by atoms with Crippen molar-refractivity contribution in [2.45, 2.75) is 11.3 Å². The zero-order valence-electron chi connectivity index (χ0n) is 14.9. The lowest BCUT2D eigenvalue weighted by Gasteiger charge is -2.21. The van der Waals surface area contributed by atoms with Crippen molar-refractivity contribution in [1.82, 2.24) is 14.9 Å². The van der Waals surface area contributed by atoms with Crippen molar-refractivity contribution < 1.29 is 9.18 Å². The zero-order valence-corrected chi connectivity index (χ0v) is 15.7. The summed E-state index contributed by atoms with van der Waals surface area (Å²) in [4.78, 5) is 25.2. The number of rotatable bonds is 4. The Morgan fingerprint density at radius 3 is 2.74 bits per heavy atom. The third-order valence-electron chi connectivity index (χ3n) is 4.71. The van der Waals surface area contributed by atoms with Crippen LogP contribution >= 0.6 is 11.8 Å². The first-order valence-corrected chi connectivity index (χ1v) is 10.0. The number of halogens is 1. The van der Waals surface area contributed by atoms with E-state index in [1.54, 1.807) is 18.2 Å². The van der Waals surface area contributed by atoms with Gasteiger partial charge in [-0.15, -0.1) is 11.8 Å². The molecule has 1 fully saturated rings. The summed E-state index contributed by atoms with van der Waals surface area (Å²) in [6.07, 6.45) is 0.882. The van der Waals surface area contributed by atoms with E-state index in [9.17, 15) is 9.18 Å². The number of benzene rings is 2. The molecule has 2 aromatic carbocycles. The first-order valence-electron chi connectivity index (χ1n) is 9.05. The molecule has 0 radical (unpaired) electrons. The number of aromatic amines is 1. The molecule has 1 aliphatic rings. The minimum absolute atomic E-state index is 0.0507. The largest absolute Gasteiger partial charge is 0.341 e. The molecule has 0 unspecified atom stereocenters. The van der Waals surface area contributed by atoms with E-state index in [2.05, 4.69) is 14.9 Å². The van der Waals surface area contributed by atoms with Crippen LogP contribution in [0.4, 0.5) is 10.3 Å². The Kier molecular flexibility index (Phi) is 5.29. The Morgan fingerprint density at radius 2 is 1.89 bits per heavy atom. The molecular formula is C20H21FN4OS. The maximum Gasteiger partial charge on any atom is 0.232 e. The first-order chi connectivity index (χ1) is 13.2. The van der Waals surface area contributed by atoms with Gasteiger partial charge in [-0.3, -0.25) is 4.79 Å². The van der Waals surface area contributed by atoms with E-state index in [4.69, 9.17) is 0 Å². The smallest absolute Gasteiger partial charge is 0.232 e. The molecule has 1 aliphatic heterocycles. The first kappa shape index (κ1) is 17.9. The highest BCUT2D eigenvalue weighted by Crippen LogP contribution is 2.22. The van der Waals surface area contributed by atoms with Gasteiger partial charge in [-0.25, -0.2) is 9.37 Å². The number of thioether (sulfide) groups is 1. The third kappa shape index (κ3) is 4.08. The zero-order chi connectivity index (χ0) is 18.6. The summed E-state index contributed by atoms with van der Waals surface area (Å²) in [5, 5.41) is 0. The number of carbonyl (C=O) groups excluding carboxylic acids is 1. The van der Waals surface area contributed by atoms with Crippen LogP contribution in [0.15, 0.2) is 53.4 Å². The van der Waals surface area contributed by atoms with Gasteiger partial charge in [0.15, 0.2) is 0 Å². The molecule has 1 amide bonds. The molecule has 5 nitrogen and oxygen atoms in total. The Balaban J connectivity index is 1.36. The standard InChI is InChI=1S/C20H21FN4OS/c21-15-6-1-4-9-18(15)27-14-19(26)24-10-5-11-25(13-12-24)20-22-16-7-2-3-8-17(16)23-20/h1-4,6-9H,5,10-14H2,(H,22,23). The normalized spacial score (nSPS) is 15.1. The van der Waals surface area contributed by atoms with Crippen molar-refractivity contribution in [3.8, 4) is 0 Å². The monoisotopic (exact) mass is 384 g/mol. The number of hydrogen-bond acceptors (Lipinski definition) is 4. The summed E-state index contributed by atoms with van der Waals surface area (Å²) in [5.74, 6) is 0.883. The number of aromatic nitrogens is 2. The van der Waals surface area contributed by atoms with Crippen molar-refractivity contribution in [2.75, 3.05) is 36.8 Å². The average molecular weight is 384 g/mol. The summed E-state index contributed by atoms with van der Waals surface area (Å²) in [6.45, 7) is 2.95. The van der Waals surface area contributed by atoms with E-state index >= 15 is 0 Å². The number of H-pyrrole nitrogens is 1. The number of para-hydroxylation sites is 2. The van der Waals surface area contributed by atoms with E-state index in [1.807, 2.05) is 29.2 Å². The summed E-state index contributed by atoms with van der Waals surface area (Å²) >= 11 is 1.26. The van der Waals surface area contributed by atoms with Crippen molar-refractivity contribution in [3.05, 3.63) is 54.3 Å². The Labute approximate surface area is 161 Å². The highest BCUT2D eigenvalue weighted by atomic mass is 32.2. The van der Waals surface area contributed by atoms with Gasteiger partial charge < -0.3 is 14.8 Å². The molecule has 0 aliphatic carbocycles. The van der Waals surface area contributed by atoms with Gasteiger partial charge in [0.2, 0.25) is 11.9 Å². The topological polar surface area (TPSA) is 52.2 Å². The maximum atomic E-state index is 13.7. The molecule has 27 heavy (non-hydrogen) atoms. The molecule has 2 heterocycles. The fourth-order valence-corrected chi connectivity index (χ4v) is 4.10. The second kappa shape index (κ2) is 8.00. The van der Waals surface area contributed by atoms with Gasteiger partial charge in [-0.1, -0.05) is 24.3 Å². The van der Waals surface area contributed by atoms with Crippen LogP contribution in [0.2, 0.25) is 0 Å². The number of nitrogens with zero attached hydrogens (tertiary/aromatic N) is 3. The molecule has 0 spiro atoms. The molecule has 1 aromatic heterocycles. The number of imidazole rings is 1. The minimum Gasteiger partial charge on any atom is -0.341 e. The Hall–Kier alpha value is -2.54. The van der Waals surface area contributed by atoms with Crippen molar-refractivity contribution in [1.29, 1.82) is 0 Å². The minimum atomic E-state index is -0.276. The van der Waals surface area contributed by atoms with Crippen molar-refractivity contribution in [2.24, 2.45) is 0 Å². The van der Waals surface area contributed by atoms with Gasteiger partial charge in [-0.2, -0.15) is 0 Å². The number of fused-ring (bicyclic) bond motifs is 1. The summed E-state index contributed by atoms with van der Waals surface area (Å²) in [5.41, 5.74) is 1.97. The van der Waals surface area contributed by atoms with Crippen molar-refractivity contribution in [3.63, 3.8) is 0 Å². The third-order valence-corrected chi connectivity index (χ3v) is 5.75. The predicted molar refractivity (Wildman–Crippen MR) is 107 cm³/mol. The van der Waals surface area contributed by atoms with E-state index in [0.29, 0.717) is 18.0 Å². The van der Waals surface area contributed by atoms with Crippen LogP contribution in [-0.4, -0.2) is 52.7 Å². The summed E-state index contributed by atoms with van der Waals surface area (Å²) in [7, 11) is 0. The molecule has 4 rings (SSSR count). The Morgan fingerprint density at radius 1 is 1.07 bits per heavy atom. The molecule has 140 valence electrons. The molecule has 1 N–H and O–H groups in total. The molecule has 3 aromatic rings. The Bertz CT molecular complexity index is 911. The number of nitrogens with one attached hydrogen (secondary N) is 1. The summed E-state index contributed by atoms with van der Waals surface area (Å²) < 4.78 is 13.7. The van der Waals surface area contributed by atoms with Crippen LogP contribution in [0, 0.1) is 5.82 Å². The van der Waals surface area contributed by atoms with Gasteiger partial charge in [0.1, 0.15) is 5.82 Å². The fraction of sp³-hybridized carbons (Fsp3) is 0.300. The SMILES string of the molecule is O=C(CSc1ccccc1F)N1CCCN(c2nc3ccccc3[nH]2)CC1. The highest BCUT2D eigenvalue weighted by Gasteiger charge is 2.21. The highest BCUT2D eigenvalue weighted by molar-refractivity contribution is 8.00. The van der Waals surface area contributed by atoms with Crippen LogP contribution in [0.5, 0.6) is 0 Å². The van der Waals surface area contributed by atoms with Gasteiger partial charge in [0.05, 0.1) is 16.8 Å². The number of anilines is 1. The number of hydrogen-bond donors (Lipinski definition) is 1. The van der Waals surface area contributed by atoms with Gasteiger partial charge in [-0.05, 0) is 30.7 Å². The van der Waals surface area contributed by atoms with Crippen LogP contribution in [0.3, 0.4) is 0 Å². The van der Waals surface area contributed by atoms with E-state index in [-0.39, 0.29) is 17.5 Å². The molecule has 0 atom stereocenters. The lowest BCUT2D eigenvalue weighted by atomic mass is 10.3. The molecule has 0 saturated carbocycles. The second-order valence-corrected chi connectivity index (χ2v) is 7.54.